The Morgan fingerprint density at radius 1 is 1.00 bits per heavy atom. The Morgan fingerprint density at radius 2 is 1.61 bits per heavy atom. The van der Waals surface area contributed by atoms with Gasteiger partial charge in [0.2, 0.25) is 5.91 Å². The van der Waals surface area contributed by atoms with Gasteiger partial charge in [0.25, 0.3) is 0 Å². The van der Waals surface area contributed by atoms with Crippen LogP contribution in [0.5, 0.6) is 0 Å². The molecule has 0 radical (unpaired) electrons. The molecule has 10 heteroatoms. The number of benzene rings is 2. The Labute approximate surface area is 209 Å². The number of hydrogen-bond donors (Lipinski definition) is 1. The molecule has 4 rings (SSSR count). The first-order valence-corrected chi connectivity index (χ1v) is 12.0. The monoisotopic (exact) mass is 512 g/mol. The zero-order valence-electron chi connectivity index (χ0n) is 19.4. The zero-order valence-corrected chi connectivity index (χ0v) is 20.2. The fourth-order valence-electron chi connectivity index (χ4n) is 3.91. The van der Waals surface area contributed by atoms with Crippen molar-refractivity contribution in [3.8, 4) is 0 Å². The maximum Gasteiger partial charge on any atom is 0.357 e. The molecular weight excluding hydrogens is 490 g/mol. The minimum Gasteiger partial charge on any atom is -0.462 e. The van der Waals surface area contributed by atoms with Gasteiger partial charge in [-0.2, -0.15) is 0 Å². The summed E-state index contributed by atoms with van der Waals surface area (Å²) in [5.41, 5.74) is 5.97. The second-order valence-corrected chi connectivity index (χ2v) is 8.77. The van der Waals surface area contributed by atoms with E-state index < -0.39 is 34.7 Å². The van der Waals surface area contributed by atoms with Gasteiger partial charge < -0.3 is 15.2 Å². The standard InChI is InChI=1S/C26H22F2N2O5S/c1-3-34-25(32)21-19(29)16(13-14-9-5-7-11-17(14)27)20-23(26(33)35-4-2)36-22(24(31)30(20)21)15-10-6-8-12-18(15)28/h5-13,22H,3-4,29H2,1-2H3/b16-13+/t22-/m1/s1. The van der Waals surface area contributed by atoms with Gasteiger partial charge in [-0.25, -0.2) is 18.4 Å². The van der Waals surface area contributed by atoms with Gasteiger partial charge in [-0.05, 0) is 32.1 Å². The molecule has 1 aliphatic rings. The number of aromatic nitrogens is 1. The summed E-state index contributed by atoms with van der Waals surface area (Å²) in [6, 6.07) is 11.5. The fourth-order valence-corrected chi connectivity index (χ4v) is 5.14. The van der Waals surface area contributed by atoms with Crippen molar-refractivity contribution >= 4 is 46.3 Å². The van der Waals surface area contributed by atoms with Gasteiger partial charge in [-0.3, -0.25) is 9.36 Å². The molecule has 2 heterocycles. The SMILES string of the molecule is CCOC(=O)C1=c2/c(=C/c3ccccc3F)c(N)c(C(=O)OCC)n2C(=O)[C@@H](c2ccccc2F)S1. The van der Waals surface area contributed by atoms with Crippen molar-refractivity contribution in [3.05, 3.63) is 87.6 Å². The van der Waals surface area contributed by atoms with E-state index in [1.54, 1.807) is 26.0 Å². The van der Waals surface area contributed by atoms with E-state index in [1.165, 1.54) is 42.5 Å². The average Bonchev–Trinajstić information content (AvgIpc) is 3.14. The Balaban J connectivity index is 2.13. The molecule has 1 aromatic heterocycles. The number of nitrogens with zero attached hydrogens (tertiary/aromatic N) is 1. The van der Waals surface area contributed by atoms with Crippen LogP contribution in [0.4, 0.5) is 14.5 Å². The van der Waals surface area contributed by atoms with Gasteiger partial charge in [0.1, 0.15) is 21.8 Å². The first-order chi connectivity index (χ1) is 17.3. The second-order valence-electron chi connectivity index (χ2n) is 7.65. The van der Waals surface area contributed by atoms with E-state index >= 15 is 0 Å². The molecule has 0 spiro atoms. The Kier molecular flexibility index (Phi) is 7.25. The average molecular weight is 513 g/mol. The number of carbonyl (C=O) groups excluding carboxylic acids is 3. The Bertz CT molecular complexity index is 1500. The number of halogens is 2. The molecule has 2 N–H and O–H groups in total. The van der Waals surface area contributed by atoms with Crippen molar-refractivity contribution in [2.45, 2.75) is 19.1 Å². The van der Waals surface area contributed by atoms with E-state index in [4.69, 9.17) is 15.2 Å². The summed E-state index contributed by atoms with van der Waals surface area (Å²) in [5, 5.41) is -1.20. The van der Waals surface area contributed by atoms with Crippen molar-refractivity contribution < 1.29 is 32.6 Å². The predicted molar refractivity (Wildman–Crippen MR) is 131 cm³/mol. The van der Waals surface area contributed by atoms with Crippen molar-refractivity contribution in [1.82, 2.24) is 4.57 Å². The number of anilines is 1. The maximum atomic E-state index is 14.7. The highest BCUT2D eigenvalue weighted by atomic mass is 32.2. The molecule has 0 aliphatic carbocycles. The second kappa shape index (κ2) is 10.4. The van der Waals surface area contributed by atoms with Crippen LogP contribution >= 0.6 is 11.8 Å². The fraction of sp³-hybridized carbons (Fsp3) is 0.192. The first-order valence-electron chi connectivity index (χ1n) is 11.1. The highest BCUT2D eigenvalue weighted by Crippen LogP contribution is 2.40. The summed E-state index contributed by atoms with van der Waals surface area (Å²) in [6.07, 6.45) is 1.34. The van der Waals surface area contributed by atoms with Crippen LogP contribution in [-0.4, -0.2) is 35.6 Å². The van der Waals surface area contributed by atoms with Gasteiger partial charge >= 0.3 is 11.9 Å². The van der Waals surface area contributed by atoms with Crippen LogP contribution in [0.3, 0.4) is 0 Å². The summed E-state index contributed by atoms with van der Waals surface area (Å²) in [6.45, 7) is 3.19. The third-order valence-electron chi connectivity index (χ3n) is 5.47. The van der Waals surface area contributed by atoms with Crippen LogP contribution in [0.15, 0.2) is 48.5 Å². The van der Waals surface area contributed by atoms with Crippen LogP contribution in [0.1, 0.15) is 45.5 Å². The number of fused-ring (bicyclic) bond motifs is 1. The van der Waals surface area contributed by atoms with E-state index in [1.807, 2.05) is 0 Å². The molecule has 186 valence electrons. The number of hydrogen-bond acceptors (Lipinski definition) is 7. The third-order valence-corrected chi connectivity index (χ3v) is 6.75. The Hall–Kier alpha value is -3.92. The lowest BCUT2D eigenvalue weighted by Gasteiger charge is -2.23. The molecule has 0 saturated heterocycles. The van der Waals surface area contributed by atoms with Crippen molar-refractivity contribution in [2.24, 2.45) is 0 Å². The third kappa shape index (κ3) is 4.39. The van der Waals surface area contributed by atoms with E-state index in [0.717, 1.165) is 16.3 Å². The molecule has 0 bridgehead atoms. The van der Waals surface area contributed by atoms with E-state index in [0.29, 0.717) is 0 Å². The molecule has 0 unspecified atom stereocenters. The largest absolute Gasteiger partial charge is 0.462 e. The van der Waals surface area contributed by atoms with E-state index in [2.05, 4.69) is 0 Å². The quantitative estimate of drug-likeness (QED) is 0.507. The Morgan fingerprint density at radius 3 is 2.25 bits per heavy atom. The number of esters is 2. The number of ether oxygens (including phenoxy) is 2. The van der Waals surface area contributed by atoms with E-state index in [9.17, 15) is 23.2 Å². The number of rotatable bonds is 6. The molecule has 0 saturated carbocycles. The van der Waals surface area contributed by atoms with Gasteiger partial charge in [0.05, 0.1) is 24.3 Å². The molecule has 2 aromatic carbocycles. The number of carbonyl (C=O) groups is 3. The summed E-state index contributed by atoms with van der Waals surface area (Å²) < 4.78 is 40.6. The minimum absolute atomic E-state index is 0.0146. The normalized spacial score (nSPS) is 15.6. The van der Waals surface area contributed by atoms with Crippen LogP contribution in [0.25, 0.3) is 11.0 Å². The molecule has 1 aliphatic heterocycles. The lowest BCUT2D eigenvalue weighted by molar-refractivity contribution is -0.135. The van der Waals surface area contributed by atoms with Crippen LogP contribution in [0, 0.1) is 11.6 Å². The minimum atomic E-state index is -1.22. The van der Waals surface area contributed by atoms with Crippen molar-refractivity contribution in [2.75, 3.05) is 18.9 Å². The van der Waals surface area contributed by atoms with Crippen LogP contribution in [0.2, 0.25) is 0 Å². The number of thioether (sulfide) groups is 1. The first kappa shape index (κ1) is 25.2. The summed E-state index contributed by atoms with van der Waals surface area (Å²) in [7, 11) is 0. The topological polar surface area (TPSA) is 101 Å². The van der Waals surface area contributed by atoms with Crippen molar-refractivity contribution in [3.63, 3.8) is 0 Å². The molecule has 3 aromatic rings. The smallest absolute Gasteiger partial charge is 0.357 e. The van der Waals surface area contributed by atoms with Gasteiger partial charge in [0, 0.05) is 16.3 Å². The van der Waals surface area contributed by atoms with Crippen LogP contribution in [-0.2, 0) is 14.3 Å². The summed E-state index contributed by atoms with van der Waals surface area (Å²) in [4.78, 5) is 39.7. The van der Waals surface area contributed by atoms with Crippen LogP contribution < -0.4 is 16.3 Å². The van der Waals surface area contributed by atoms with E-state index in [-0.39, 0.29) is 51.2 Å². The molecule has 1 atom stereocenters. The molecule has 36 heavy (non-hydrogen) atoms. The molecule has 0 fully saturated rings. The van der Waals surface area contributed by atoms with Crippen molar-refractivity contribution in [1.29, 1.82) is 0 Å². The highest BCUT2D eigenvalue weighted by Gasteiger charge is 2.39. The lowest BCUT2D eigenvalue weighted by atomic mass is 10.1. The molecular formula is C26H22F2N2O5S. The highest BCUT2D eigenvalue weighted by molar-refractivity contribution is 8.10. The molecule has 7 nitrogen and oxygen atoms in total. The summed E-state index contributed by atoms with van der Waals surface area (Å²) >= 11 is 0.784. The number of nitrogens with two attached hydrogens (primary N) is 1. The van der Waals surface area contributed by atoms with Gasteiger partial charge in [-0.15, -0.1) is 0 Å². The lowest BCUT2D eigenvalue weighted by Crippen LogP contribution is -2.43. The molecule has 0 amide bonds. The summed E-state index contributed by atoms with van der Waals surface area (Å²) in [5.74, 6) is -3.66. The van der Waals surface area contributed by atoms with Gasteiger partial charge in [0.15, 0.2) is 5.69 Å². The maximum absolute atomic E-state index is 14.7. The van der Waals surface area contributed by atoms with Gasteiger partial charge in [-0.1, -0.05) is 48.2 Å². The number of nitrogen functional groups attached to an aromatic ring is 1. The zero-order chi connectivity index (χ0) is 26.0. The predicted octanol–water partition coefficient (Wildman–Crippen LogP) is 3.15.